The number of piperazine rings is 1. The molecule has 1 aromatic heterocycles. The van der Waals surface area contributed by atoms with Gasteiger partial charge in [0, 0.05) is 38.1 Å². The number of benzene rings is 1. The third-order valence-electron chi connectivity index (χ3n) is 3.90. The Hall–Kier alpha value is -1.53. The van der Waals surface area contributed by atoms with Crippen molar-refractivity contribution in [2.24, 2.45) is 0 Å². The molecule has 0 radical (unpaired) electrons. The minimum Gasteiger partial charge on any atom is -0.353 e. The van der Waals surface area contributed by atoms with Crippen LogP contribution in [-0.2, 0) is 4.57 Å². The van der Waals surface area contributed by atoms with Crippen molar-refractivity contribution in [3.63, 3.8) is 0 Å². The van der Waals surface area contributed by atoms with E-state index in [4.69, 9.17) is 9.79 Å². The normalized spacial score (nSPS) is 17.1. The maximum Gasteiger partial charge on any atom is 0.326 e. The first-order valence-corrected chi connectivity index (χ1v) is 9.04. The molecule has 1 saturated heterocycles. The van der Waals surface area contributed by atoms with E-state index in [-0.39, 0.29) is 6.16 Å². The molecule has 0 atom stereocenters. The van der Waals surface area contributed by atoms with Crippen molar-refractivity contribution in [3.05, 3.63) is 30.6 Å². The average molecular weight is 322 g/mol. The summed E-state index contributed by atoms with van der Waals surface area (Å²) in [5, 5.41) is 1.04. The van der Waals surface area contributed by atoms with Crippen LogP contribution in [0.25, 0.3) is 10.9 Å². The molecule has 1 aromatic carbocycles. The first-order chi connectivity index (χ1) is 10.5. The van der Waals surface area contributed by atoms with Gasteiger partial charge in [-0.3, -0.25) is 9.46 Å². The Morgan fingerprint density at radius 3 is 2.55 bits per heavy atom. The monoisotopic (exact) mass is 322 g/mol. The van der Waals surface area contributed by atoms with Crippen LogP contribution in [0.2, 0.25) is 0 Å². The van der Waals surface area contributed by atoms with Crippen LogP contribution in [0.4, 0.5) is 5.82 Å². The predicted molar refractivity (Wildman–Crippen MR) is 85.1 cm³/mol. The second kappa shape index (κ2) is 6.30. The Bertz CT molecular complexity index is 692. The molecule has 0 spiro atoms. The molecule has 1 fully saturated rings. The molecular formula is C14H19N4O3P. The van der Waals surface area contributed by atoms with Crippen LogP contribution < -0.4 is 4.90 Å². The maximum atomic E-state index is 10.9. The van der Waals surface area contributed by atoms with Gasteiger partial charge in [0.15, 0.2) is 0 Å². The first-order valence-electron chi connectivity index (χ1n) is 7.24. The van der Waals surface area contributed by atoms with E-state index in [9.17, 15) is 4.57 Å². The van der Waals surface area contributed by atoms with E-state index in [0.29, 0.717) is 6.54 Å². The molecule has 1 aliphatic heterocycles. The highest BCUT2D eigenvalue weighted by Gasteiger charge is 2.22. The number of aromatic nitrogens is 2. The van der Waals surface area contributed by atoms with Gasteiger partial charge in [0.2, 0.25) is 0 Å². The van der Waals surface area contributed by atoms with Crippen LogP contribution in [0, 0.1) is 0 Å². The molecule has 0 unspecified atom stereocenters. The van der Waals surface area contributed by atoms with Gasteiger partial charge in [-0.2, -0.15) is 0 Å². The summed E-state index contributed by atoms with van der Waals surface area (Å²) >= 11 is 0. The molecule has 2 heterocycles. The third kappa shape index (κ3) is 3.62. The number of fused-ring (bicyclic) bond motifs is 1. The molecule has 22 heavy (non-hydrogen) atoms. The Balaban J connectivity index is 1.67. The zero-order chi connectivity index (χ0) is 15.6. The maximum absolute atomic E-state index is 10.9. The molecule has 0 aliphatic carbocycles. The summed E-state index contributed by atoms with van der Waals surface area (Å²) in [6, 6.07) is 7.92. The zero-order valence-corrected chi connectivity index (χ0v) is 13.1. The van der Waals surface area contributed by atoms with Crippen molar-refractivity contribution in [2.45, 2.75) is 0 Å². The van der Waals surface area contributed by atoms with E-state index in [2.05, 4.69) is 19.8 Å². The van der Waals surface area contributed by atoms with Gasteiger partial charge in [-0.15, -0.1) is 0 Å². The van der Waals surface area contributed by atoms with Crippen molar-refractivity contribution >= 4 is 24.3 Å². The van der Waals surface area contributed by atoms with Gasteiger partial charge in [0.05, 0.1) is 11.7 Å². The predicted octanol–water partition coefficient (Wildman–Crippen LogP) is 0.929. The quantitative estimate of drug-likeness (QED) is 0.809. The number of nitrogens with zero attached hydrogens (tertiary/aromatic N) is 4. The number of para-hydroxylation sites is 1. The number of hydrogen-bond donors (Lipinski definition) is 2. The smallest absolute Gasteiger partial charge is 0.326 e. The summed E-state index contributed by atoms with van der Waals surface area (Å²) in [5.74, 6) is 0.931. The lowest BCUT2D eigenvalue weighted by Crippen LogP contribution is -2.47. The van der Waals surface area contributed by atoms with E-state index < -0.39 is 7.60 Å². The van der Waals surface area contributed by atoms with Gasteiger partial charge in [-0.05, 0) is 12.1 Å². The number of anilines is 1. The second-order valence-electron chi connectivity index (χ2n) is 5.43. The average Bonchev–Trinajstić information content (AvgIpc) is 2.52. The molecule has 0 amide bonds. The van der Waals surface area contributed by atoms with Crippen LogP contribution in [0.5, 0.6) is 0 Å². The van der Waals surface area contributed by atoms with Gasteiger partial charge in [-0.1, -0.05) is 12.1 Å². The highest BCUT2D eigenvalue weighted by molar-refractivity contribution is 7.51. The molecule has 0 bridgehead atoms. The van der Waals surface area contributed by atoms with Crippen LogP contribution in [0.15, 0.2) is 30.6 Å². The molecule has 7 nitrogen and oxygen atoms in total. The zero-order valence-electron chi connectivity index (χ0n) is 12.2. The highest BCUT2D eigenvalue weighted by Crippen LogP contribution is 2.33. The van der Waals surface area contributed by atoms with E-state index in [0.717, 1.165) is 42.9 Å². The molecule has 2 aromatic rings. The number of rotatable bonds is 4. The van der Waals surface area contributed by atoms with Gasteiger partial charge in [0.1, 0.15) is 12.1 Å². The lowest BCUT2D eigenvalue weighted by atomic mass is 10.2. The Morgan fingerprint density at radius 2 is 1.82 bits per heavy atom. The molecule has 3 rings (SSSR count). The molecule has 2 N–H and O–H groups in total. The fraction of sp³-hybridized carbons (Fsp3) is 0.429. The van der Waals surface area contributed by atoms with Crippen molar-refractivity contribution in [3.8, 4) is 0 Å². The minimum absolute atomic E-state index is 0.0799. The molecule has 8 heteroatoms. The van der Waals surface area contributed by atoms with Crippen LogP contribution in [0.1, 0.15) is 0 Å². The Morgan fingerprint density at radius 1 is 1.09 bits per heavy atom. The summed E-state index contributed by atoms with van der Waals surface area (Å²) in [6.45, 7) is 3.57. The summed E-state index contributed by atoms with van der Waals surface area (Å²) in [6.07, 6.45) is 1.50. The van der Waals surface area contributed by atoms with Crippen molar-refractivity contribution in [2.75, 3.05) is 43.8 Å². The van der Waals surface area contributed by atoms with Crippen molar-refractivity contribution in [1.82, 2.24) is 14.9 Å². The first kappa shape index (κ1) is 15.4. The number of hydrogen-bond acceptors (Lipinski definition) is 5. The molecule has 118 valence electrons. The van der Waals surface area contributed by atoms with Crippen molar-refractivity contribution < 1.29 is 14.4 Å². The molecule has 0 saturated carbocycles. The lowest BCUT2D eigenvalue weighted by Gasteiger charge is -2.35. The largest absolute Gasteiger partial charge is 0.353 e. The Kier molecular flexibility index (Phi) is 4.40. The van der Waals surface area contributed by atoms with Crippen LogP contribution in [-0.4, -0.2) is 63.5 Å². The third-order valence-corrected chi connectivity index (χ3v) is 4.68. The van der Waals surface area contributed by atoms with Gasteiger partial charge in [-0.25, -0.2) is 9.97 Å². The molecular weight excluding hydrogens is 303 g/mol. The van der Waals surface area contributed by atoms with E-state index in [1.807, 2.05) is 24.3 Å². The van der Waals surface area contributed by atoms with Gasteiger partial charge >= 0.3 is 7.60 Å². The van der Waals surface area contributed by atoms with E-state index in [1.54, 1.807) is 6.33 Å². The Labute approximate surface area is 128 Å². The summed E-state index contributed by atoms with van der Waals surface area (Å²) in [7, 11) is -3.91. The van der Waals surface area contributed by atoms with E-state index >= 15 is 0 Å². The summed E-state index contributed by atoms with van der Waals surface area (Å²) in [5.41, 5.74) is 0.927. The van der Waals surface area contributed by atoms with Crippen LogP contribution >= 0.6 is 7.60 Å². The topological polar surface area (TPSA) is 89.8 Å². The van der Waals surface area contributed by atoms with E-state index in [1.165, 1.54) is 0 Å². The van der Waals surface area contributed by atoms with Gasteiger partial charge < -0.3 is 14.7 Å². The van der Waals surface area contributed by atoms with Crippen LogP contribution in [0.3, 0.4) is 0 Å². The van der Waals surface area contributed by atoms with Crippen molar-refractivity contribution in [1.29, 1.82) is 0 Å². The summed E-state index contributed by atoms with van der Waals surface area (Å²) in [4.78, 5) is 30.9. The standard InChI is InChI=1S/C14H19N4O3P/c19-22(20,21)10-9-17-5-7-18(8-6-17)14-12-3-1-2-4-13(12)15-11-16-14/h1-4,11H,5-10H2,(H2,19,20,21). The second-order valence-corrected chi connectivity index (χ2v) is 7.21. The summed E-state index contributed by atoms with van der Waals surface area (Å²) < 4.78 is 10.9. The minimum atomic E-state index is -3.91. The fourth-order valence-corrected chi connectivity index (χ4v) is 3.24. The SMILES string of the molecule is O=P(O)(O)CCN1CCN(c2ncnc3ccccc23)CC1. The van der Waals surface area contributed by atoms with Gasteiger partial charge in [0.25, 0.3) is 0 Å². The molecule has 1 aliphatic rings. The lowest BCUT2D eigenvalue weighted by molar-refractivity contribution is 0.264. The fourth-order valence-electron chi connectivity index (χ4n) is 2.70. The highest BCUT2D eigenvalue weighted by atomic mass is 31.2.